The van der Waals surface area contributed by atoms with Gasteiger partial charge in [0.1, 0.15) is 0 Å². The van der Waals surface area contributed by atoms with E-state index in [4.69, 9.17) is 10.8 Å². The third-order valence-electron chi connectivity index (χ3n) is 2.14. The van der Waals surface area contributed by atoms with Gasteiger partial charge in [-0.2, -0.15) is 0 Å². The lowest BCUT2D eigenvalue weighted by atomic mass is 10.2. The molecule has 0 aliphatic carbocycles. The molecule has 12 heavy (non-hydrogen) atoms. The van der Waals surface area contributed by atoms with Gasteiger partial charge >= 0.3 is 0 Å². The summed E-state index contributed by atoms with van der Waals surface area (Å²) in [4.78, 5) is 13.1. The molecule has 1 aliphatic rings. The molecule has 1 atom stereocenters. The third-order valence-corrected chi connectivity index (χ3v) is 2.14. The van der Waals surface area contributed by atoms with E-state index >= 15 is 0 Å². The van der Waals surface area contributed by atoms with Crippen LogP contribution in [0.3, 0.4) is 0 Å². The van der Waals surface area contributed by atoms with Crippen LogP contribution in [0.15, 0.2) is 0 Å². The summed E-state index contributed by atoms with van der Waals surface area (Å²) < 4.78 is 0. The fourth-order valence-corrected chi connectivity index (χ4v) is 1.38. The van der Waals surface area contributed by atoms with Crippen molar-refractivity contribution in [2.75, 3.05) is 19.6 Å². The molecule has 3 N–H and O–H groups in total. The number of nitrogens with zero attached hydrogens (tertiary/aromatic N) is 1. The third kappa shape index (κ3) is 2.46. The average molecular weight is 172 g/mol. The second kappa shape index (κ2) is 4.42. The molecule has 0 bridgehead atoms. The SMILES string of the molecule is NCC(O)CC(=O)N1CCCC1. The number of carbonyl (C=O) groups is 1. The number of rotatable bonds is 3. The summed E-state index contributed by atoms with van der Waals surface area (Å²) in [6.07, 6.45) is 1.68. The van der Waals surface area contributed by atoms with Crippen molar-refractivity contribution >= 4 is 5.91 Å². The number of nitrogens with two attached hydrogens (primary N) is 1. The van der Waals surface area contributed by atoms with Gasteiger partial charge in [-0.1, -0.05) is 0 Å². The van der Waals surface area contributed by atoms with Crippen LogP contribution in [0.2, 0.25) is 0 Å². The molecule has 4 heteroatoms. The van der Waals surface area contributed by atoms with E-state index in [0.717, 1.165) is 25.9 Å². The summed E-state index contributed by atoms with van der Waals surface area (Å²) in [5.74, 6) is 0.0328. The van der Waals surface area contributed by atoms with Gasteiger partial charge < -0.3 is 15.7 Å². The molecule has 0 radical (unpaired) electrons. The lowest BCUT2D eigenvalue weighted by Crippen LogP contribution is -2.33. The number of hydrogen-bond donors (Lipinski definition) is 2. The van der Waals surface area contributed by atoms with Crippen molar-refractivity contribution < 1.29 is 9.90 Å². The summed E-state index contributed by atoms with van der Waals surface area (Å²) in [6.45, 7) is 1.85. The Bertz CT molecular complexity index is 155. The summed E-state index contributed by atoms with van der Waals surface area (Å²) >= 11 is 0. The lowest BCUT2D eigenvalue weighted by Gasteiger charge is -2.16. The van der Waals surface area contributed by atoms with Crippen LogP contribution in [-0.2, 0) is 4.79 Å². The Kier molecular flexibility index (Phi) is 3.49. The lowest BCUT2D eigenvalue weighted by molar-refractivity contribution is -0.132. The van der Waals surface area contributed by atoms with E-state index in [9.17, 15) is 4.79 Å². The minimum atomic E-state index is -0.668. The Hall–Kier alpha value is -0.610. The molecule has 1 unspecified atom stereocenters. The van der Waals surface area contributed by atoms with Gasteiger partial charge in [-0.25, -0.2) is 0 Å². The summed E-state index contributed by atoms with van der Waals surface area (Å²) in [7, 11) is 0. The van der Waals surface area contributed by atoms with Crippen LogP contribution in [0.4, 0.5) is 0 Å². The first-order chi connectivity index (χ1) is 5.74. The molecule has 1 fully saturated rings. The molecule has 4 nitrogen and oxygen atoms in total. The molecule has 1 saturated heterocycles. The average Bonchev–Trinajstić information content (AvgIpc) is 2.56. The van der Waals surface area contributed by atoms with Crippen molar-refractivity contribution in [3.05, 3.63) is 0 Å². The summed E-state index contributed by atoms with van der Waals surface area (Å²) in [5.41, 5.74) is 5.20. The zero-order valence-electron chi connectivity index (χ0n) is 7.20. The fourth-order valence-electron chi connectivity index (χ4n) is 1.38. The maximum absolute atomic E-state index is 11.3. The molecule has 1 amide bonds. The second-order valence-electron chi connectivity index (χ2n) is 3.18. The van der Waals surface area contributed by atoms with Crippen LogP contribution < -0.4 is 5.73 Å². The number of amides is 1. The number of likely N-dealkylation sites (tertiary alicyclic amines) is 1. The predicted octanol–water partition coefficient (Wildman–Crippen LogP) is -0.682. The van der Waals surface area contributed by atoms with E-state index in [2.05, 4.69) is 0 Å². The molecule has 0 aromatic heterocycles. The second-order valence-corrected chi connectivity index (χ2v) is 3.18. The standard InChI is InChI=1S/C8H16N2O2/c9-6-7(11)5-8(12)10-3-1-2-4-10/h7,11H,1-6,9H2. The molecule has 0 spiro atoms. The van der Waals surface area contributed by atoms with Gasteiger partial charge in [0.25, 0.3) is 0 Å². The van der Waals surface area contributed by atoms with Crippen LogP contribution in [0.1, 0.15) is 19.3 Å². The van der Waals surface area contributed by atoms with Crippen LogP contribution in [0.25, 0.3) is 0 Å². The maximum Gasteiger partial charge on any atom is 0.225 e. The molecule has 70 valence electrons. The first kappa shape index (κ1) is 9.48. The normalized spacial score (nSPS) is 19.7. The molecule has 0 saturated carbocycles. The van der Waals surface area contributed by atoms with Crippen molar-refractivity contribution in [2.45, 2.75) is 25.4 Å². The van der Waals surface area contributed by atoms with Crippen LogP contribution >= 0.6 is 0 Å². The predicted molar refractivity (Wildman–Crippen MR) is 45.5 cm³/mol. The van der Waals surface area contributed by atoms with Crippen LogP contribution in [0, 0.1) is 0 Å². The molecular formula is C8H16N2O2. The minimum absolute atomic E-state index is 0.0328. The minimum Gasteiger partial charge on any atom is -0.391 e. The van der Waals surface area contributed by atoms with E-state index in [-0.39, 0.29) is 18.9 Å². The Morgan fingerprint density at radius 3 is 2.58 bits per heavy atom. The highest BCUT2D eigenvalue weighted by atomic mass is 16.3. The van der Waals surface area contributed by atoms with E-state index < -0.39 is 6.10 Å². The monoisotopic (exact) mass is 172 g/mol. The van der Waals surface area contributed by atoms with Gasteiger partial charge in [-0.15, -0.1) is 0 Å². The fraction of sp³-hybridized carbons (Fsp3) is 0.875. The zero-order valence-corrected chi connectivity index (χ0v) is 7.20. The highest BCUT2D eigenvalue weighted by molar-refractivity contribution is 5.76. The Morgan fingerprint density at radius 1 is 1.50 bits per heavy atom. The molecule has 0 aromatic rings. The van der Waals surface area contributed by atoms with Gasteiger partial charge in [0.15, 0.2) is 0 Å². The Morgan fingerprint density at radius 2 is 2.08 bits per heavy atom. The van der Waals surface area contributed by atoms with E-state index in [1.165, 1.54) is 0 Å². The highest BCUT2D eigenvalue weighted by Gasteiger charge is 2.19. The number of aliphatic hydroxyl groups excluding tert-OH is 1. The Balaban J connectivity index is 2.27. The number of hydrogen-bond acceptors (Lipinski definition) is 3. The van der Waals surface area contributed by atoms with Gasteiger partial charge in [-0.3, -0.25) is 4.79 Å². The van der Waals surface area contributed by atoms with E-state index in [0.29, 0.717) is 0 Å². The van der Waals surface area contributed by atoms with Gasteiger partial charge in [0.2, 0.25) is 5.91 Å². The molecular weight excluding hydrogens is 156 g/mol. The topological polar surface area (TPSA) is 66.6 Å². The van der Waals surface area contributed by atoms with Crippen molar-refractivity contribution in [3.63, 3.8) is 0 Å². The number of carbonyl (C=O) groups excluding carboxylic acids is 1. The summed E-state index contributed by atoms with van der Waals surface area (Å²) in [5, 5.41) is 9.12. The quantitative estimate of drug-likeness (QED) is 0.592. The van der Waals surface area contributed by atoms with Gasteiger partial charge in [0.05, 0.1) is 12.5 Å². The van der Waals surface area contributed by atoms with Crippen molar-refractivity contribution in [1.29, 1.82) is 0 Å². The largest absolute Gasteiger partial charge is 0.391 e. The van der Waals surface area contributed by atoms with Crippen molar-refractivity contribution in [1.82, 2.24) is 4.90 Å². The molecule has 1 rings (SSSR count). The van der Waals surface area contributed by atoms with Crippen molar-refractivity contribution in [2.24, 2.45) is 5.73 Å². The van der Waals surface area contributed by atoms with Crippen LogP contribution in [0.5, 0.6) is 0 Å². The molecule has 0 aromatic carbocycles. The van der Waals surface area contributed by atoms with E-state index in [1.54, 1.807) is 4.90 Å². The smallest absolute Gasteiger partial charge is 0.225 e. The Labute approximate surface area is 72.3 Å². The van der Waals surface area contributed by atoms with Crippen LogP contribution in [-0.4, -0.2) is 41.7 Å². The van der Waals surface area contributed by atoms with E-state index in [1.807, 2.05) is 0 Å². The number of aliphatic hydroxyl groups is 1. The van der Waals surface area contributed by atoms with Gasteiger partial charge in [0, 0.05) is 19.6 Å². The molecule has 1 heterocycles. The van der Waals surface area contributed by atoms with Gasteiger partial charge in [-0.05, 0) is 12.8 Å². The first-order valence-electron chi connectivity index (χ1n) is 4.40. The summed E-state index contributed by atoms with van der Waals surface area (Å²) in [6, 6.07) is 0. The zero-order chi connectivity index (χ0) is 8.97. The maximum atomic E-state index is 11.3. The highest BCUT2D eigenvalue weighted by Crippen LogP contribution is 2.09. The van der Waals surface area contributed by atoms with Crippen molar-refractivity contribution in [3.8, 4) is 0 Å². The first-order valence-corrected chi connectivity index (χ1v) is 4.40. The molecule has 1 aliphatic heterocycles.